The lowest BCUT2D eigenvalue weighted by Gasteiger charge is -1.99. The van der Waals surface area contributed by atoms with Gasteiger partial charge >= 0.3 is 0 Å². The molecule has 4 aromatic rings. The molecule has 114 valence electrons. The summed E-state index contributed by atoms with van der Waals surface area (Å²) < 4.78 is 0.825. The molecule has 0 bridgehead atoms. The summed E-state index contributed by atoms with van der Waals surface area (Å²) in [6.07, 6.45) is 3.24. The van der Waals surface area contributed by atoms with Crippen LogP contribution in [0.5, 0.6) is 0 Å². The zero-order valence-corrected chi connectivity index (χ0v) is 13.5. The molecule has 0 aliphatic heterocycles. The Balaban J connectivity index is 0.000000136. The van der Waals surface area contributed by atoms with Gasteiger partial charge in [-0.15, -0.1) is 0 Å². The minimum Gasteiger partial charge on any atom is -0.618 e. The highest BCUT2D eigenvalue weighted by Gasteiger charge is 2.01. The van der Waals surface area contributed by atoms with Gasteiger partial charge in [-0.3, -0.25) is 4.98 Å². The molecule has 4 rings (SSSR count). The number of pyridine rings is 2. The van der Waals surface area contributed by atoms with Gasteiger partial charge in [0, 0.05) is 39.1 Å². The first-order valence-corrected chi connectivity index (χ1v) is 7.67. The van der Waals surface area contributed by atoms with Crippen LogP contribution in [0, 0.1) is 5.21 Å². The molecular formula is C18H12Cl2N2O. The largest absolute Gasteiger partial charge is 0.618 e. The lowest BCUT2D eigenvalue weighted by Crippen LogP contribution is -2.25. The van der Waals surface area contributed by atoms with Crippen LogP contribution in [0.1, 0.15) is 0 Å². The van der Waals surface area contributed by atoms with Crippen molar-refractivity contribution in [1.29, 1.82) is 0 Å². The van der Waals surface area contributed by atoms with Crippen LogP contribution in [0.3, 0.4) is 0 Å². The molecule has 0 amide bonds. The van der Waals surface area contributed by atoms with Crippen molar-refractivity contribution in [1.82, 2.24) is 4.98 Å². The van der Waals surface area contributed by atoms with E-state index in [2.05, 4.69) is 4.98 Å². The predicted molar refractivity (Wildman–Crippen MR) is 94.7 cm³/mol. The van der Waals surface area contributed by atoms with E-state index in [0.29, 0.717) is 10.5 Å². The molecule has 0 atom stereocenters. The molecule has 0 spiro atoms. The van der Waals surface area contributed by atoms with Crippen molar-refractivity contribution in [3.05, 3.63) is 88.3 Å². The van der Waals surface area contributed by atoms with Crippen LogP contribution in [0.4, 0.5) is 0 Å². The fourth-order valence-electron chi connectivity index (χ4n) is 2.21. The topological polar surface area (TPSA) is 39.8 Å². The maximum atomic E-state index is 11.2. The molecule has 0 saturated carbocycles. The van der Waals surface area contributed by atoms with E-state index in [0.717, 1.165) is 26.0 Å². The summed E-state index contributed by atoms with van der Waals surface area (Å²) in [6, 6.07) is 18.3. The van der Waals surface area contributed by atoms with Crippen molar-refractivity contribution in [3.63, 3.8) is 0 Å². The molecular weight excluding hydrogens is 331 g/mol. The lowest BCUT2D eigenvalue weighted by molar-refractivity contribution is -0.577. The molecule has 0 aliphatic carbocycles. The van der Waals surface area contributed by atoms with Crippen LogP contribution in [0.2, 0.25) is 10.0 Å². The van der Waals surface area contributed by atoms with E-state index in [1.54, 1.807) is 30.5 Å². The van der Waals surface area contributed by atoms with Crippen LogP contribution in [-0.4, -0.2) is 4.98 Å². The van der Waals surface area contributed by atoms with Gasteiger partial charge in [0.05, 0.1) is 5.52 Å². The fraction of sp³-hybridized carbons (Fsp3) is 0. The Morgan fingerprint density at radius 3 is 2.35 bits per heavy atom. The fourth-order valence-corrected chi connectivity index (χ4v) is 2.57. The number of rotatable bonds is 0. The average Bonchev–Trinajstić information content (AvgIpc) is 2.55. The van der Waals surface area contributed by atoms with E-state index < -0.39 is 0 Å². The quantitative estimate of drug-likeness (QED) is 0.332. The zero-order valence-electron chi connectivity index (χ0n) is 12.0. The van der Waals surface area contributed by atoms with Crippen molar-refractivity contribution in [2.45, 2.75) is 0 Å². The van der Waals surface area contributed by atoms with Crippen molar-refractivity contribution < 1.29 is 4.73 Å². The third-order valence-corrected chi connectivity index (χ3v) is 3.76. The van der Waals surface area contributed by atoms with Crippen molar-refractivity contribution in [2.75, 3.05) is 0 Å². The summed E-state index contributed by atoms with van der Waals surface area (Å²) in [5.41, 5.74) is 1.62. The van der Waals surface area contributed by atoms with Gasteiger partial charge < -0.3 is 5.21 Å². The number of fused-ring (bicyclic) bond motifs is 2. The molecule has 5 heteroatoms. The van der Waals surface area contributed by atoms with Gasteiger partial charge in [-0.1, -0.05) is 29.3 Å². The molecule has 3 nitrogen and oxygen atoms in total. The van der Waals surface area contributed by atoms with Gasteiger partial charge in [0.15, 0.2) is 6.20 Å². The molecule has 2 heterocycles. The maximum Gasteiger partial charge on any atom is 0.223 e. The van der Waals surface area contributed by atoms with E-state index in [1.807, 2.05) is 36.4 Å². The van der Waals surface area contributed by atoms with Crippen LogP contribution < -0.4 is 4.73 Å². The Morgan fingerprint density at radius 2 is 1.52 bits per heavy atom. The second kappa shape index (κ2) is 6.82. The molecule has 0 fully saturated rings. The number of hydrogen-bond acceptors (Lipinski definition) is 2. The van der Waals surface area contributed by atoms with Crippen LogP contribution >= 0.6 is 23.2 Å². The second-order valence-electron chi connectivity index (χ2n) is 4.88. The second-order valence-corrected chi connectivity index (χ2v) is 5.75. The third kappa shape index (κ3) is 3.70. The summed E-state index contributed by atoms with van der Waals surface area (Å²) in [4.78, 5) is 4.16. The van der Waals surface area contributed by atoms with E-state index in [9.17, 15) is 5.21 Å². The van der Waals surface area contributed by atoms with Gasteiger partial charge in [-0.25, -0.2) is 0 Å². The molecule has 0 aliphatic rings. The van der Waals surface area contributed by atoms with Gasteiger partial charge in [-0.05, 0) is 42.5 Å². The average molecular weight is 343 g/mol. The lowest BCUT2D eigenvalue weighted by atomic mass is 10.2. The van der Waals surface area contributed by atoms with Gasteiger partial charge in [0.2, 0.25) is 5.52 Å². The van der Waals surface area contributed by atoms with Crippen molar-refractivity contribution in [3.8, 4) is 0 Å². The van der Waals surface area contributed by atoms with Crippen LogP contribution in [-0.2, 0) is 0 Å². The summed E-state index contributed by atoms with van der Waals surface area (Å²) in [5, 5.41) is 14.5. The molecule has 2 aromatic carbocycles. The third-order valence-electron chi connectivity index (χ3n) is 3.29. The first kappa shape index (κ1) is 15.5. The highest BCUT2D eigenvalue weighted by atomic mass is 35.5. The molecule has 0 unspecified atom stereocenters. The van der Waals surface area contributed by atoms with E-state index in [4.69, 9.17) is 23.2 Å². The number of hydrogen-bond donors (Lipinski definition) is 0. The monoisotopic (exact) mass is 342 g/mol. The summed E-state index contributed by atoms with van der Waals surface area (Å²) in [5.74, 6) is 0. The molecule has 0 saturated heterocycles. The van der Waals surface area contributed by atoms with Crippen LogP contribution in [0.25, 0.3) is 21.8 Å². The number of nitrogens with zero attached hydrogens (tertiary/aromatic N) is 2. The van der Waals surface area contributed by atoms with Gasteiger partial charge in [-0.2, -0.15) is 4.73 Å². The number of aromatic nitrogens is 2. The number of benzene rings is 2. The first-order chi connectivity index (χ1) is 11.1. The van der Waals surface area contributed by atoms with E-state index in [-0.39, 0.29) is 0 Å². The van der Waals surface area contributed by atoms with Gasteiger partial charge in [0.1, 0.15) is 0 Å². The molecule has 0 radical (unpaired) electrons. The Labute approximate surface area is 143 Å². The minimum atomic E-state index is 0.641. The Hall–Kier alpha value is -2.36. The first-order valence-electron chi connectivity index (χ1n) is 6.91. The van der Waals surface area contributed by atoms with E-state index >= 15 is 0 Å². The Bertz CT molecular complexity index is 973. The highest BCUT2D eigenvalue weighted by molar-refractivity contribution is 6.31. The minimum absolute atomic E-state index is 0.641. The zero-order chi connectivity index (χ0) is 16.2. The molecule has 2 aromatic heterocycles. The number of halogens is 2. The standard InChI is InChI=1S/C9H6ClNO.C9H6ClN/c10-8-3-4-9-7(6-8)2-1-5-11(9)12;10-8-3-4-9-7(6-8)2-1-5-11-9/h1-6H;1-6H. The van der Waals surface area contributed by atoms with Crippen molar-refractivity contribution >= 4 is 45.0 Å². The predicted octanol–water partition coefficient (Wildman–Crippen LogP) is 5.01. The van der Waals surface area contributed by atoms with Gasteiger partial charge in [0.25, 0.3) is 0 Å². The molecule has 0 N–H and O–H groups in total. The smallest absolute Gasteiger partial charge is 0.223 e. The Morgan fingerprint density at radius 1 is 0.826 bits per heavy atom. The summed E-state index contributed by atoms with van der Waals surface area (Å²) in [6.45, 7) is 0. The SMILES string of the molecule is Clc1ccc2ncccc2c1.[O-][n+]1cccc2cc(Cl)ccc21. The van der Waals surface area contributed by atoms with E-state index in [1.165, 1.54) is 6.20 Å². The summed E-state index contributed by atoms with van der Waals surface area (Å²) >= 11 is 11.6. The Kier molecular flexibility index (Phi) is 4.60. The summed E-state index contributed by atoms with van der Waals surface area (Å²) in [7, 11) is 0. The molecule has 23 heavy (non-hydrogen) atoms. The van der Waals surface area contributed by atoms with Crippen LogP contribution in [0.15, 0.2) is 73.1 Å². The van der Waals surface area contributed by atoms with Crippen molar-refractivity contribution in [2.24, 2.45) is 0 Å². The maximum absolute atomic E-state index is 11.2. The normalized spacial score (nSPS) is 10.3. The highest BCUT2D eigenvalue weighted by Crippen LogP contribution is 2.16.